The Kier molecular flexibility index (Phi) is 5.40. The van der Waals surface area contributed by atoms with Crippen molar-refractivity contribution < 1.29 is 25.2 Å². The molecule has 1 unspecified atom stereocenters. The highest BCUT2D eigenvalue weighted by Crippen LogP contribution is 2.76. The largest absolute Gasteiger partial charge is 0.481 e. The van der Waals surface area contributed by atoms with E-state index in [0.29, 0.717) is 31.1 Å². The van der Waals surface area contributed by atoms with E-state index in [0.717, 1.165) is 32.1 Å². The molecule has 0 aliphatic heterocycles. The van der Waals surface area contributed by atoms with Crippen LogP contribution >= 0.6 is 0 Å². The van der Waals surface area contributed by atoms with Crippen LogP contribution in [0.1, 0.15) is 99.8 Å². The summed E-state index contributed by atoms with van der Waals surface area (Å²) in [5.41, 5.74) is -1.46. The molecular formula is C30H48O5. The summed E-state index contributed by atoms with van der Waals surface area (Å²) in [5.74, 6) is -0.394. The molecule has 5 nitrogen and oxygen atoms in total. The van der Waals surface area contributed by atoms with Gasteiger partial charge in [-0.15, -0.1) is 0 Å². The van der Waals surface area contributed by atoms with E-state index in [1.165, 1.54) is 5.57 Å². The molecule has 0 aromatic rings. The molecular weight excluding hydrogens is 440 g/mol. The molecule has 0 radical (unpaired) electrons. The minimum absolute atomic E-state index is 0.0535. The van der Waals surface area contributed by atoms with Crippen molar-refractivity contribution in [3.05, 3.63) is 11.6 Å². The monoisotopic (exact) mass is 488 g/mol. The Hall–Kier alpha value is -0.910. The van der Waals surface area contributed by atoms with E-state index in [4.69, 9.17) is 0 Å². The second-order valence-electron chi connectivity index (χ2n) is 14.9. The number of aliphatic hydroxyl groups excluding tert-OH is 2. The lowest BCUT2D eigenvalue weighted by atomic mass is 9.33. The summed E-state index contributed by atoms with van der Waals surface area (Å²) in [6.45, 7) is 15.3. The molecule has 4 fully saturated rings. The third kappa shape index (κ3) is 2.90. The number of allylic oxidation sites excluding steroid dienone is 1. The maximum atomic E-state index is 12.8. The first-order valence-corrected chi connectivity index (χ1v) is 14.0. The van der Waals surface area contributed by atoms with Gasteiger partial charge in [-0.05, 0) is 97.7 Å². The fraction of sp³-hybridized carbons (Fsp3) is 0.900. The van der Waals surface area contributed by atoms with Gasteiger partial charge in [0.05, 0.1) is 23.2 Å². The van der Waals surface area contributed by atoms with Gasteiger partial charge in [-0.2, -0.15) is 0 Å². The number of carboxylic acids is 1. The van der Waals surface area contributed by atoms with Crippen LogP contribution in [0.3, 0.4) is 0 Å². The number of rotatable bonds is 1. The molecule has 0 amide bonds. The number of carbonyl (C=O) groups is 1. The zero-order valence-electron chi connectivity index (χ0n) is 22.9. The Labute approximate surface area is 211 Å². The number of carboxylic acid groups (broad SMARTS) is 1. The Bertz CT molecular complexity index is 952. The van der Waals surface area contributed by atoms with Gasteiger partial charge < -0.3 is 20.4 Å². The molecule has 5 aliphatic rings. The fourth-order valence-corrected chi connectivity index (χ4v) is 11.0. The number of aliphatic carboxylic acids is 1. The van der Waals surface area contributed by atoms with Gasteiger partial charge in [0.1, 0.15) is 0 Å². The molecule has 0 aromatic heterocycles. The first kappa shape index (κ1) is 25.7. The summed E-state index contributed by atoms with van der Waals surface area (Å²) >= 11 is 0. The lowest BCUT2D eigenvalue weighted by Gasteiger charge is -2.72. The van der Waals surface area contributed by atoms with Gasteiger partial charge in [0.2, 0.25) is 0 Å². The number of fused-ring (bicyclic) bond motifs is 7. The van der Waals surface area contributed by atoms with E-state index in [1.54, 1.807) is 0 Å². The first-order valence-electron chi connectivity index (χ1n) is 14.0. The minimum Gasteiger partial charge on any atom is -0.481 e. The van der Waals surface area contributed by atoms with Crippen molar-refractivity contribution in [3.8, 4) is 0 Å². The van der Waals surface area contributed by atoms with Crippen LogP contribution in [0, 0.1) is 50.7 Å². The Balaban J connectivity index is 1.65. The third-order valence-electron chi connectivity index (χ3n) is 13.4. The van der Waals surface area contributed by atoms with E-state index in [2.05, 4.69) is 47.6 Å². The van der Waals surface area contributed by atoms with Crippen LogP contribution in [-0.2, 0) is 4.79 Å². The lowest BCUT2D eigenvalue weighted by molar-refractivity contribution is -0.237. The molecule has 35 heavy (non-hydrogen) atoms. The standard InChI is InChI=1S/C30H48O5/c1-17-10-13-30(24(33)34)15-14-27(5)18(22(30)29(17,7)35)8-9-21-26(4)16-19(31)23(32)25(2,3)20(26)11-12-28(21,27)6/h8,17,19-23,31-32,35H,9-16H2,1-7H3,(H,33,34)/t17-,19-,20+,21-,22?,23+,26+,27-,28-,29-,30+/m1/s1. The third-order valence-corrected chi connectivity index (χ3v) is 13.4. The second kappa shape index (κ2) is 7.35. The summed E-state index contributed by atoms with van der Waals surface area (Å²) in [7, 11) is 0. The zero-order chi connectivity index (χ0) is 26.0. The Morgan fingerprint density at radius 3 is 2.23 bits per heavy atom. The predicted molar refractivity (Wildman–Crippen MR) is 135 cm³/mol. The van der Waals surface area contributed by atoms with Crippen molar-refractivity contribution in [3.63, 3.8) is 0 Å². The Morgan fingerprint density at radius 2 is 1.60 bits per heavy atom. The molecule has 11 atom stereocenters. The maximum absolute atomic E-state index is 12.8. The van der Waals surface area contributed by atoms with Crippen LogP contribution in [0.2, 0.25) is 0 Å². The molecule has 5 aliphatic carbocycles. The van der Waals surface area contributed by atoms with Crippen LogP contribution < -0.4 is 0 Å². The van der Waals surface area contributed by atoms with Crippen molar-refractivity contribution in [2.24, 2.45) is 50.7 Å². The van der Waals surface area contributed by atoms with Crippen molar-refractivity contribution in [2.45, 2.75) is 118 Å². The van der Waals surface area contributed by atoms with Crippen LogP contribution in [0.5, 0.6) is 0 Å². The molecule has 0 saturated heterocycles. The molecule has 0 aromatic carbocycles. The summed E-state index contributed by atoms with van der Waals surface area (Å²) < 4.78 is 0. The van der Waals surface area contributed by atoms with E-state index >= 15 is 0 Å². The predicted octanol–water partition coefficient (Wildman–Crippen LogP) is 5.18. The van der Waals surface area contributed by atoms with Gasteiger partial charge in [-0.1, -0.05) is 53.2 Å². The number of hydrogen-bond acceptors (Lipinski definition) is 4. The molecule has 0 spiro atoms. The van der Waals surface area contributed by atoms with E-state index in [1.807, 2.05) is 6.92 Å². The van der Waals surface area contributed by atoms with E-state index < -0.39 is 29.2 Å². The molecule has 0 heterocycles. The van der Waals surface area contributed by atoms with Gasteiger partial charge in [-0.25, -0.2) is 0 Å². The van der Waals surface area contributed by atoms with Crippen molar-refractivity contribution in [2.75, 3.05) is 0 Å². The highest BCUT2D eigenvalue weighted by molar-refractivity contribution is 5.77. The quantitative estimate of drug-likeness (QED) is 0.382. The molecule has 4 N–H and O–H groups in total. The van der Waals surface area contributed by atoms with Crippen LogP contribution in [0.25, 0.3) is 0 Å². The summed E-state index contributed by atoms with van der Waals surface area (Å²) in [6.07, 6.45) is 7.21. The van der Waals surface area contributed by atoms with E-state index in [9.17, 15) is 25.2 Å². The lowest BCUT2D eigenvalue weighted by Crippen LogP contribution is -2.68. The van der Waals surface area contributed by atoms with Crippen LogP contribution in [-0.4, -0.2) is 44.2 Å². The minimum atomic E-state index is -1.05. The van der Waals surface area contributed by atoms with Crippen molar-refractivity contribution >= 4 is 5.97 Å². The highest BCUT2D eigenvalue weighted by atomic mass is 16.4. The molecule has 198 valence electrons. The topological polar surface area (TPSA) is 98.0 Å². The molecule has 0 bridgehead atoms. The van der Waals surface area contributed by atoms with Crippen molar-refractivity contribution in [1.82, 2.24) is 0 Å². The molecule has 4 saturated carbocycles. The number of aliphatic hydroxyl groups is 3. The smallest absolute Gasteiger partial charge is 0.310 e. The Morgan fingerprint density at radius 1 is 0.943 bits per heavy atom. The van der Waals surface area contributed by atoms with Crippen LogP contribution in [0.4, 0.5) is 0 Å². The molecule has 5 heteroatoms. The van der Waals surface area contributed by atoms with Gasteiger partial charge in [0.25, 0.3) is 0 Å². The summed E-state index contributed by atoms with van der Waals surface area (Å²) in [4.78, 5) is 12.8. The average Bonchev–Trinajstić information content (AvgIpc) is 2.75. The van der Waals surface area contributed by atoms with Gasteiger partial charge in [0, 0.05) is 5.92 Å². The normalized spacial score (nSPS) is 57.1. The van der Waals surface area contributed by atoms with Crippen LogP contribution in [0.15, 0.2) is 11.6 Å². The SMILES string of the molecule is C[C@@H]1CC[C@]2(C(=O)O)CC[C@]3(C)C(=CC[C@@H]4[C@@]5(C)C[C@@H](O)[C@H](O)C(C)(C)[C@@H]5CC[C@]43C)C2[C@]1(C)O. The zero-order valence-corrected chi connectivity index (χ0v) is 22.9. The highest BCUT2D eigenvalue weighted by Gasteiger charge is 2.71. The number of hydrogen-bond donors (Lipinski definition) is 4. The fourth-order valence-electron chi connectivity index (χ4n) is 11.0. The maximum Gasteiger partial charge on any atom is 0.310 e. The second-order valence-corrected chi connectivity index (χ2v) is 14.9. The summed E-state index contributed by atoms with van der Waals surface area (Å²) in [5, 5.41) is 44.3. The van der Waals surface area contributed by atoms with E-state index in [-0.39, 0.29) is 33.5 Å². The van der Waals surface area contributed by atoms with Gasteiger partial charge in [0.15, 0.2) is 0 Å². The first-order chi connectivity index (χ1) is 16.0. The molecule has 5 rings (SSSR count). The van der Waals surface area contributed by atoms with Crippen molar-refractivity contribution in [1.29, 1.82) is 0 Å². The van der Waals surface area contributed by atoms with Gasteiger partial charge in [-0.3, -0.25) is 4.79 Å². The van der Waals surface area contributed by atoms with Gasteiger partial charge >= 0.3 is 5.97 Å². The average molecular weight is 489 g/mol. The summed E-state index contributed by atoms with van der Waals surface area (Å²) in [6, 6.07) is 0.